The van der Waals surface area contributed by atoms with E-state index in [0.717, 1.165) is 32.3 Å². The first-order chi connectivity index (χ1) is 10.4. The van der Waals surface area contributed by atoms with Crippen LogP contribution in [0.5, 0.6) is 0 Å². The molecule has 0 aromatic heterocycles. The molecule has 6 heteroatoms. The van der Waals surface area contributed by atoms with E-state index in [9.17, 15) is 14.4 Å². The highest BCUT2D eigenvalue weighted by Crippen LogP contribution is 2.26. The maximum atomic E-state index is 12.7. The number of amides is 3. The summed E-state index contributed by atoms with van der Waals surface area (Å²) in [5, 5.41) is 0. The Kier molecular flexibility index (Phi) is 5.08. The van der Waals surface area contributed by atoms with Gasteiger partial charge < -0.3 is 14.7 Å². The number of likely N-dealkylation sites (tertiary alicyclic amines) is 1. The van der Waals surface area contributed by atoms with Gasteiger partial charge in [-0.05, 0) is 32.6 Å². The second kappa shape index (κ2) is 6.67. The summed E-state index contributed by atoms with van der Waals surface area (Å²) in [4.78, 5) is 41.4. The topological polar surface area (TPSA) is 60.9 Å². The fraction of sp³-hybridized carbons (Fsp3) is 0.812. The molecule has 124 valence electrons. The average Bonchev–Trinajstić information content (AvgIpc) is 2.54. The molecule has 0 aliphatic carbocycles. The van der Waals surface area contributed by atoms with Crippen molar-refractivity contribution in [2.24, 2.45) is 11.3 Å². The molecule has 0 bridgehead atoms. The van der Waals surface area contributed by atoms with Gasteiger partial charge >= 0.3 is 0 Å². The van der Waals surface area contributed by atoms with Crippen LogP contribution in [0, 0.1) is 11.3 Å². The van der Waals surface area contributed by atoms with Gasteiger partial charge in [0, 0.05) is 39.3 Å². The first kappa shape index (κ1) is 16.8. The Morgan fingerprint density at radius 1 is 0.909 bits per heavy atom. The van der Waals surface area contributed by atoms with Crippen molar-refractivity contribution in [2.75, 3.05) is 39.3 Å². The third-order valence-corrected chi connectivity index (χ3v) is 4.89. The molecule has 2 saturated heterocycles. The van der Waals surface area contributed by atoms with Gasteiger partial charge in [-0.15, -0.1) is 0 Å². The summed E-state index contributed by atoms with van der Waals surface area (Å²) < 4.78 is 0. The summed E-state index contributed by atoms with van der Waals surface area (Å²) in [6.07, 6.45) is 2.83. The minimum Gasteiger partial charge on any atom is -0.342 e. The summed E-state index contributed by atoms with van der Waals surface area (Å²) in [5.41, 5.74) is -1.02. The first-order valence-electron chi connectivity index (χ1n) is 8.14. The van der Waals surface area contributed by atoms with E-state index in [0.29, 0.717) is 32.1 Å². The van der Waals surface area contributed by atoms with E-state index < -0.39 is 5.41 Å². The fourth-order valence-corrected chi connectivity index (χ4v) is 3.12. The zero-order valence-electron chi connectivity index (χ0n) is 13.9. The molecule has 22 heavy (non-hydrogen) atoms. The number of nitrogens with zero attached hydrogens (tertiary/aromatic N) is 3. The Bertz CT molecular complexity index is 434. The molecule has 0 unspecified atom stereocenters. The minimum atomic E-state index is -1.02. The Morgan fingerprint density at radius 2 is 1.36 bits per heavy atom. The highest BCUT2D eigenvalue weighted by Gasteiger charge is 2.42. The van der Waals surface area contributed by atoms with Crippen LogP contribution >= 0.6 is 0 Å². The number of rotatable bonds is 3. The summed E-state index contributed by atoms with van der Waals surface area (Å²) >= 11 is 0. The van der Waals surface area contributed by atoms with Gasteiger partial charge in [-0.2, -0.15) is 0 Å². The smallest absolute Gasteiger partial charge is 0.237 e. The van der Waals surface area contributed by atoms with Crippen molar-refractivity contribution in [1.82, 2.24) is 14.7 Å². The quantitative estimate of drug-likeness (QED) is 0.566. The van der Waals surface area contributed by atoms with Crippen LogP contribution < -0.4 is 0 Å². The van der Waals surface area contributed by atoms with E-state index in [4.69, 9.17) is 0 Å². The van der Waals surface area contributed by atoms with Crippen molar-refractivity contribution < 1.29 is 14.4 Å². The molecule has 2 heterocycles. The Hall–Kier alpha value is -1.59. The maximum absolute atomic E-state index is 12.7. The second-order valence-electron chi connectivity index (χ2n) is 7.03. The minimum absolute atomic E-state index is 0.0674. The van der Waals surface area contributed by atoms with Crippen molar-refractivity contribution in [2.45, 2.75) is 33.6 Å². The molecule has 0 aromatic rings. The average molecular weight is 309 g/mol. The molecule has 2 rings (SSSR count). The zero-order valence-corrected chi connectivity index (χ0v) is 13.9. The molecule has 2 aliphatic rings. The Balaban J connectivity index is 1.98. The summed E-state index contributed by atoms with van der Waals surface area (Å²) in [6.45, 7) is 9.23. The van der Waals surface area contributed by atoms with Crippen LogP contribution in [0.25, 0.3) is 0 Å². The molecular formula is C16H27N3O3. The normalized spacial score (nSPS) is 21.0. The lowest BCUT2D eigenvalue weighted by Crippen LogP contribution is -2.56. The lowest BCUT2D eigenvalue weighted by Gasteiger charge is -2.40. The highest BCUT2D eigenvalue weighted by molar-refractivity contribution is 6.04. The van der Waals surface area contributed by atoms with Crippen LogP contribution in [-0.2, 0) is 14.4 Å². The number of piperazine rings is 1. The molecular weight excluding hydrogens is 282 g/mol. The van der Waals surface area contributed by atoms with Gasteiger partial charge in [0.15, 0.2) is 0 Å². The van der Waals surface area contributed by atoms with E-state index in [1.54, 1.807) is 23.6 Å². The van der Waals surface area contributed by atoms with Gasteiger partial charge in [-0.1, -0.05) is 6.92 Å². The van der Waals surface area contributed by atoms with Crippen molar-refractivity contribution in [3.05, 3.63) is 0 Å². The van der Waals surface area contributed by atoms with E-state index in [1.807, 2.05) is 4.90 Å². The van der Waals surface area contributed by atoms with Crippen LogP contribution in [-0.4, -0.2) is 72.2 Å². The number of hydrogen-bond acceptors (Lipinski definition) is 3. The van der Waals surface area contributed by atoms with Crippen LogP contribution in [0.15, 0.2) is 0 Å². The number of carbonyl (C=O) groups excluding carboxylic acids is 3. The standard InChI is InChI=1S/C16H27N3O3/c1-13-4-6-18(7-5-13)14(21)16(2,3)15(22)19-10-8-17(12-20)9-11-19/h12-13H,4-11H2,1-3H3. The third-order valence-electron chi connectivity index (χ3n) is 4.89. The highest BCUT2D eigenvalue weighted by atomic mass is 16.2. The molecule has 2 aliphatic heterocycles. The van der Waals surface area contributed by atoms with Crippen LogP contribution in [0.3, 0.4) is 0 Å². The molecule has 0 radical (unpaired) electrons. The van der Waals surface area contributed by atoms with Crippen molar-refractivity contribution in [3.63, 3.8) is 0 Å². The summed E-state index contributed by atoms with van der Waals surface area (Å²) in [7, 11) is 0. The molecule has 0 saturated carbocycles. The summed E-state index contributed by atoms with van der Waals surface area (Å²) in [6, 6.07) is 0. The Labute approximate surface area is 132 Å². The van der Waals surface area contributed by atoms with Gasteiger partial charge in [0.25, 0.3) is 0 Å². The number of piperidine rings is 1. The van der Waals surface area contributed by atoms with Gasteiger partial charge in [-0.3, -0.25) is 14.4 Å². The van der Waals surface area contributed by atoms with Crippen LogP contribution in [0.2, 0.25) is 0 Å². The zero-order chi connectivity index (χ0) is 16.3. The third kappa shape index (κ3) is 3.42. The molecule has 0 aromatic carbocycles. The molecule has 6 nitrogen and oxygen atoms in total. The predicted octanol–water partition coefficient (Wildman–Crippen LogP) is 0.572. The first-order valence-corrected chi connectivity index (χ1v) is 8.14. The van der Waals surface area contributed by atoms with E-state index in [1.165, 1.54) is 0 Å². The number of carbonyl (C=O) groups is 3. The lowest BCUT2D eigenvalue weighted by atomic mass is 9.87. The fourth-order valence-electron chi connectivity index (χ4n) is 3.12. The molecule has 2 fully saturated rings. The predicted molar refractivity (Wildman–Crippen MR) is 83.0 cm³/mol. The monoisotopic (exact) mass is 309 g/mol. The van der Waals surface area contributed by atoms with E-state index >= 15 is 0 Å². The van der Waals surface area contributed by atoms with Crippen LogP contribution in [0.1, 0.15) is 33.6 Å². The van der Waals surface area contributed by atoms with Gasteiger partial charge in [0.05, 0.1) is 0 Å². The Morgan fingerprint density at radius 3 is 1.82 bits per heavy atom. The van der Waals surface area contributed by atoms with Crippen molar-refractivity contribution >= 4 is 18.2 Å². The van der Waals surface area contributed by atoms with Gasteiger partial charge in [0.1, 0.15) is 5.41 Å². The van der Waals surface area contributed by atoms with E-state index in [-0.39, 0.29) is 11.8 Å². The van der Waals surface area contributed by atoms with Gasteiger partial charge in [-0.25, -0.2) is 0 Å². The van der Waals surface area contributed by atoms with Crippen LogP contribution in [0.4, 0.5) is 0 Å². The van der Waals surface area contributed by atoms with E-state index in [2.05, 4.69) is 6.92 Å². The molecule has 0 spiro atoms. The lowest BCUT2D eigenvalue weighted by molar-refractivity contribution is -0.156. The second-order valence-corrected chi connectivity index (χ2v) is 7.03. The summed E-state index contributed by atoms with van der Waals surface area (Å²) in [5.74, 6) is 0.461. The molecule has 0 N–H and O–H groups in total. The molecule has 0 atom stereocenters. The largest absolute Gasteiger partial charge is 0.342 e. The maximum Gasteiger partial charge on any atom is 0.237 e. The van der Waals surface area contributed by atoms with Crippen molar-refractivity contribution in [3.8, 4) is 0 Å². The van der Waals surface area contributed by atoms with Crippen molar-refractivity contribution in [1.29, 1.82) is 0 Å². The molecule has 3 amide bonds. The number of hydrogen-bond donors (Lipinski definition) is 0. The SMILES string of the molecule is CC1CCN(C(=O)C(C)(C)C(=O)N2CCN(C=O)CC2)CC1. The van der Waals surface area contributed by atoms with Gasteiger partial charge in [0.2, 0.25) is 18.2 Å².